The molecule has 0 saturated heterocycles. The summed E-state index contributed by atoms with van der Waals surface area (Å²) >= 11 is 6.10. The number of rotatable bonds is 6. The van der Waals surface area contributed by atoms with E-state index in [-0.39, 0.29) is 12.3 Å². The van der Waals surface area contributed by atoms with E-state index in [0.29, 0.717) is 11.6 Å². The summed E-state index contributed by atoms with van der Waals surface area (Å²) < 4.78 is 7.75. The van der Waals surface area contributed by atoms with Crippen LogP contribution in [0.4, 0.5) is 5.69 Å². The Hall–Kier alpha value is -4.42. The Balaban J connectivity index is 1.38. The summed E-state index contributed by atoms with van der Waals surface area (Å²) in [5.41, 5.74) is 6.48. The highest BCUT2D eigenvalue weighted by atomic mass is 35.5. The Bertz CT molecular complexity index is 1830. The Morgan fingerprint density at radius 1 is 0.947 bits per heavy atom. The molecular weight excluding hydrogens is 496 g/mol. The van der Waals surface area contributed by atoms with Gasteiger partial charge >= 0.3 is 0 Å². The minimum atomic E-state index is -0.102. The monoisotopic (exact) mass is 520 g/mol. The first-order chi connectivity index (χ1) is 18.5. The standard InChI is InChI=1S/C31H25ClN4O2/c1-19-25(26-16-23(38-2)11-12-28(26)36(19)18-20-7-9-22(32)10-8-20)17-29(37)35-27-15-21-5-3-13-33-30(21)31-24(27)6-4-14-34-31/h3-16H,17-18H2,1-2H3,(H,35,37). The molecule has 7 heteroatoms. The summed E-state index contributed by atoms with van der Waals surface area (Å²) in [6, 6.07) is 23.5. The van der Waals surface area contributed by atoms with Gasteiger partial charge in [0.1, 0.15) is 5.75 Å². The van der Waals surface area contributed by atoms with Gasteiger partial charge in [0, 0.05) is 51.3 Å². The molecule has 0 bridgehead atoms. The number of ether oxygens (including phenoxy) is 1. The summed E-state index contributed by atoms with van der Waals surface area (Å²) in [6.45, 7) is 2.73. The third-order valence-electron chi connectivity index (χ3n) is 6.99. The van der Waals surface area contributed by atoms with Crippen molar-refractivity contribution in [1.82, 2.24) is 14.5 Å². The molecule has 3 heterocycles. The minimum Gasteiger partial charge on any atom is -0.497 e. The Morgan fingerprint density at radius 3 is 2.50 bits per heavy atom. The Morgan fingerprint density at radius 2 is 1.71 bits per heavy atom. The second kappa shape index (κ2) is 9.80. The van der Waals surface area contributed by atoms with E-state index in [4.69, 9.17) is 16.3 Å². The molecule has 0 fully saturated rings. The highest BCUT2D eigenvalue weighted by molar-refractivity contribution is 6.30. The number of hydrogen-bond acceptors (Lipinski definition) is 4. The van der Waals surface area contributed by atoms with Crippen molar-refractivity contribution in [2.24, 2.45) is 0 Å². The second-order valence-corrected chi connectivity index (χ2v) is 9.72. The van der Waals surface area contributed by atoms with Crippen LogP contribution in [0.1, 0.15) is 16.8 Å². The van der Waals surface area contributed by atoms with Crippen LogP contribution in [0.15, 0.2) is 85.2 Å². The van der Waals surface area contributed by atoms with Gasteiger partial charge in [-0.15, -0.1) is 0 Å². The van der Waals surface area contributed by atoms with Crippen LogP contribution in [0.25, 0.3) is 32.7 Å². The van der Waals surface area contributed by atoms with Gasteiger partial charge in [-0.05, 0) is 72.6 Å². The number of fused-ring (bicyclic) bond motifs is 4. The van der Waals surface area contributed by atoms with Crippen LogP contribution in [0, 0.1) is 6.92 Å². The van der Waals surface area contributed by atoms with Gasteiger partial charge in [-0.2, -0.15) is 0 Å². The molecule has 0 saturated carbocycles. The number of aromatic nitrogens is 3. The van der Waals surface area contributed by atoms with Crippen molar-refractivity contribution in [3.63, 3.8) is 0 Å². The first-order valence-electron chi connectivity index (χ1n) is 12.3. The fourth-order valence-corrected chi connectivity index (χ4v) is 5.22. The van der Waals surface area contributed by atoms with Gasteiger partial charge in [0.05, 0.1) is 30.3 Å². The number of nitrogens with zero attached hydrogens (tertiary/aromatic N) is 3. The van der Waals surface area contributed by atoms with Crippen molar-refractivity contribution in [2.75, 3.05) is 12.4 Å². The number of nitrogens with one attached hydrogen (secondary N) is 1. The zero-order chi connectivity index (χ0) is 26.2. The van der Waals surface area contributed by atoms with Crippen molar-refractivity contribution in [1.29, 1.82) is 0 Å². The molecule has 1 N–H and O–H groups in total. The van der Waals surface area contributed by atoms with E-state index < -0.39 is 0 Å². The number of benzene rings is 3. The molecule has 0 atom stereocenters. The van der Waals surface area contributed by atoms with Gasteiger partial charge in [0.25, 0.3) is 0 Å². The number of carbonyl (C=O) groups is 1. The Kier molecular flexibility index (Phi) is 6.18. The topological polar surface area (TPSA) is 69.0 Å². The zero-order valence-electron chi connectivity index (χ0n) is 21.0. The molecule has 6 nitrogen and oxygen atoms in total. The number of methoxy groups -OCH3 is 1. The molecule has 38 heavy (non-hydrogen) atoms. The average Bonchev–Trinajstić information content (AvgIpc) is 3.19. The quantitative estimate of drug-likeness (QED) is 0.241. The minimum absolute atomic E-state index is 0.102. The summed E-state index contributed by atoms with van der Waals surface area (Å²) in [6.07, 6.45) is 3.72. The maximum Gasteiger partial charge on any atom is 0.228 e. The van der Waals surface area contributed by atoms with E-state index in [2.05, 4.69) is 26.8 Å². The number of halogens is 1. The fourth-order valence-electron chi connectivity index (χ4n) is 5.09. The van der Waals surface area contributed by atoms with Crippen LogP contribution in [0.5, 0.6) is 5.75 Å². The van der Waals surface area contributed by atoms with Gasteiger partial charge in [-0.25, -0.2) is 0 Å². The predicted octanol–water partition coefficient (Wildman–Crippen LogP) is 6.94. The summed E-state index contributed by atoms with van der Waals surface area (Å²) in [4.78, 5) is 22.6. The molecule has 0 spiro atoms. The molecule has 3 aromatic heterocycles. The van der Waals surface area contributed by atoms with E-state index in [9.17, 15) is 4.79 Å². The number of hydrogen-bond donors (Lipinski definition) is 1. The van der Waals surface area contributed by atoms with Crippen LogP contribution >= 0.6 is 11.6 Å². The fraction of sp³-hybridized carbons (Fsp3) is 0.129. The van der Waals surface area contributed by atoms with Gasteiger partial charge in [-0.1, -0.05) is 29.8 Å². The van der Waals surface area contributed by atoms with E-state index in [1.807, 2.05) is 72.8 Å². The lowest BCUT2D eigenvalue weighted by Gasteiger charge is -2.12. The van der Waals surface area contributed by atoms with Gasteiger partial charge in [0.15, 0.2) is 0 Å². The SMILES string of the molecule is COc1ccc2c(c1)c(CC(=O)Nc1cc3cccnc3c3ncccc13)c(C)n2Cc1ccc(Cl)cc1. The number of anilines is 1. The summed E-state index contributed by atoms with van der Waals surface area (Å²) in [5.74, 6) is 0.650. The normalized spacial score (nSPS) is 11.3. The molecule has 0 aliphatic heterocycles. The smallest absolute Gasteiger partial charge is 0.228 e. The molecule has 6 rings (SSSR count). The molecule has 0 unspecified atom stereocenters. The largest absolute Gasteiger partial charge is 0.497 e. The van der Waals surface area contributed by atoms with Crippen molar-refractivity contribution >= 4 is 55.9 Å². The van der Waals surface area contributed by atoms with Crippen molar-refractivity contribution in [3.05, 3.63) is 107 Å². The molecule has 3 aromatic carbocycles. The van der Waals surface area contributed by atoms with Crippen molar-refractivity contribution < 1.29 is 9.53 Å². The van der Waals surface area contributed by atoms with Crippen LogP contribution < -0.4 is 10.1 Å². The van der Waals surface area contributed by atoms with Crippen LogP contribution in [0.2, 0.25) is 5.02 Å². The predicted molar refractivity (Wildman–Crippen MR) is 153 cm³/mol. The second-order valence-electron chi connectivity index (χ2n) is 9.28. The maximum atomic E-state index is 13.5. The highest BCUT2D eigenvalue weighted by Crippen LogP contribution is 2.32. The lowest BCUT2D eigenvalue weighted by molar-refractivity contribution is -0.115. The van der Waals surface area contributed by atoms with E-state index in [1.165, 1.54) is 0 Å². The zero-order valence-corrected chi connectivity index (χ0v) is 21.8. The lowest BCUT2D eigenvalue weighted by Crippen LogP contribution is -2.15. The lowest BCUT2D eigenvalue weighted by atomic mass is 10.1. The van der Waals surface area contributed by atoms with Gasteiger partial charge in [-0.3, -0.25) is 14.8 Å². The number of carbonyl (C=O) groups excluding carboxylic acids is 1. The van der Waals surface area contributed by atoms with Gasteiger partial charge in [0.2, 0.25) is 5.91 Å². The molecule has 0 aliphatic carbocycles. The number of amides is 1. The summed E-state index contributed by atoms with van der Waals surface area (Å²) in [7, 11) is 1.65. The summed E-state index contributed by atoms with van der Waals surface area (Å²) in [5, 5.41) is 6.64. The first kappa shape index (κ1) is 23.9. The molecule has 6 aromatic rings. The first-order valence-corrected chi connectivity index (χ1v) is 12.7. The molecule has 1 amide bonds. The molecule has 0 aliphatic rings. The molecular formula is C31H25ClN4O2. The molecule has 188 valence electrons. The Labute approximate surface area is 224 Å². The van der Waals surface area contributed by atoms with E-state index in [0.717, 1.165) is 61.0 Å². The van der Waals surface area contributed by atoms with E-state index >= 15 is 0 Å². The van der Waals surface area contributed by atoms with Crippen molar-refractivity contribution in [2.45, 2.75) is 19.9 Å². The highest BCUT2D eigenvalue weighted by Gasteiger charge is 2.19. The van der Waals surface area contributed by atoms with Crippen molar-refractivity contribution in [3.8, 4) is 5.75 Å². The third-order valence-corrected chi connectivity index (χ3v) is 7.24. The van der Waals surface area contributed by atoms with Crippen LogP contribution in [-0.2, 0) is 17.8 Å². The average molecular weight is 521 g/mol. The maximum absolute atomic E-state index is 13.5. The van der Waals surface area contributed by atoms with Crippen LogP contribution in [0.3, 0.4) is 0 Å². The van der Waals surface area contributed by atoms with Crippen LogP contribution in [-0.4, -0.2) is 27.6 Å². The number of pyridine rings is 2. The van der Waals surface area contributed by atoms with E-state index in [1.54, 1.807) is 19.5 Å². The van der Waals surface area contributed by atoms with Gasteiger partial charge < -0.3 is 14.6 Å². The molecule has 0 radical (unpaired) electrons. The third kappa shape index (κ3) is 4.33.